The van der Waals surface area contributed by atoms with E-state index < -0.39 is 12.1 Å². The van der Waals surface area contributed by atoms with Crippen LogP contribution < -0.4 is 5.32 Å². The highest BCUT2D eigenvalue weighted by Gasteiger charge is 2.36. The molecule has 0 spiro atoms. The zero-order valence-corrected chi connectivity index (χ0v) is 18.1. The molecule has 1 N–H and O–H groups in total. The number of fused-ring (bicyclic) bond motifs is 1. The van der Waals surface area contributed by atoms with Gasteiger partial charge in [0.1, 0.15) is 6.04 Å². The third kappa shape index (κ3) is 4.49. The smallest absolute Gasteiger partial charge is 0.411 e. The van der Waals surface area contributed by atoms with Crippen LogP contribution in [0.5, 0.6) is 0 Å². The summed E-state index contributed by atoms with van der Waals surface area (Å²) in [5, 5.41) is 7.12. The Bertz CT molecular complexity index is 1100. The van der Waals surface area contributed by atoms with E-state index in [0.717, 1.165) is 16.7 Å². The van der Waals surface area contributed by atoms with Crippen LogP contribution in [-0.2, 0) is 20.9 Å². The SMILES string of the molecule is CCOC(=O)N1CSC[C@@H]1C(=O)Nc1nc2ccc(-c3ccccc3COC)cn2n1. The molecule has 1 saturated heterocycles. The summed E-state index contributed by atoms with van der Waals surface area (Å²) in [4.78, 5) is 30.6. The maximum Gasteiger partial charge on any atom is 0.411 e. The Balaban J connectivity index is 1.54. The summed E-state index contributed by atoms with van der Waals surface area (Å²) in [6.45, 7) is 2.50. The van der Waals surface area contributed by atoms with E-state index in [1.165, 1.54) is 16.7 Å². The maximum absolute atomic E-state index is 12.7. The molecule has 2 amide bonds. The molecule has 0 radical (unpaired) electrons. The van der Waals surface area contributed by atoms with Crippen LogP contribution in [0.25, 0.3) is 16.8 Å². The zero-order chi connectivity index (χ0) is 21.8. The van der Waals surface area contributed by atoms with Crippen LogP contribution in [0.3, 0.4) is 0 Å². The van der Waals surface area contributed by atoms with Crippen molar-refractivity contribution in [2.45, 2.75) is 19.6 Å². The number of aromatic nitrogens is 3. The van der Waals surface area contributed by atoms with Gasteiger partial charge in [-0.25, -0.2) is 9.31 Å². The highest BCUT2D eigenvalue weighted by atomic mass is 32.2. The Morgan fingerprint density at radius 3 is 2.90 bits per heavy atom. The molecule has 9 nitrogen and oxygen atoms in total. The van der Waals surface area contributed by atoms with Gasteiger partial charge in [0, 0.05) is 24.6 Å². The summed E-state index contributed by atoms with van der Waals surface area (Å²) in [5.41, 5.74) is 3.67. The first-order valence-corrected chi connectivity index (χ1v) is 11.0. The van der Waals surface area contributed by atoms with Gasteiger partial charge in [-0.05, 0) is 30.2 Å². The lowest BCUT2D eigenvalue weighted by Crippen LogP contribution is -2.44. The Labute approximate surface area is 183 Å². The van der Waals surface area contributed by atoms with Gasteiger partial charge < -0.3 is 9.47 Å². The monoisotopic (exact) mass is 441 g/mol. The molecule has 4 rings (SSSR count). The molecule has 10 heteroatoms. The predicted molar refractivity (Wildman–Crippen MR) is 118 cm³/mol. The van der Waals surface area contributed by atoms with Crippen LogP contribution in [0.1, 0.15) is 12.5 Å². The van der Waals surface area contributed by atoms with Gasteiger partial charge in [0.15, 0.2) is 5.65 Å². The molecule has 3 aromatic rings. The van der Waals surface area contributed by atoms with E-state index in [2.05, 4.69) is 15.4 Å². The fourth-order valence-electron chi connectivity index (χ4n) is 3.42. The maximum atomic E-state index is 12.7. The molecule has 0 unspecified atom stereocenters. The van der Waals surface area contributed by atoms with Gasteiger partial charge in [-0.15, -0.1) is 16.9 Å². The van der Waals surface area contributed by atoms with Crippen molar-refractivity contribution in [3.8, 4) is 11.1 Å². The van der Waals surface area contributed by atoms with E-state index in [1.54, 1.807) is 18.5 Å². The topological polar surface area (TPSA) is 98.1 Å². The van der Waals surface area contributed by atoms with Crippen molar-refractivity contribution >= 4 is 35.4 Å². The summed E-state index contributed by atoms with van der Waals surface area (Å²) < 4.78 is 12.0. The number of carbonyl (C=O) groups is 2. The molecule has 2 aromatic heterocycles. The van der Waals surface area contributed by atoms with Crippen molar-refractivity contribution in [3.05, 3.63) is 48.2 Å². The molecule has 1 aromatic carbocycles. The fraction of sp³-hybridized carbons (Fsp3) is 0.333. The van der Waals surface area contributed by atoms with Gasteiger partial charge in [-0.2, -0.15) is 4.98 Å². The van der Waals surface area contributed by atoms with Crippen LogP contribution in [-0.4, -0.2) is 62.9 Å². The quantitative estimate of drug-likeness (QED) is 0.628. The Morgan fingerprint density at radius 1 is 1.26 bits per heavy atom. The largest absolute Gasteiger partial charge is 0.450 e. The summed E-state index contributed by atoms with van der Waals surface area (Å²) in [5.74, 6) is 0.769. The van der Waals surface area contributed by atoms with Crippen molar-refractivity contribution < 1.29 is 19.1 Å². The minimum absolute atomic E-state index is 0.188. The molecule has 1 atom stereocenters. The average molecular weight is 442 g/mol. The van der Waals surface area contributed by atoms with E-state index in [0.29, 0.717) is 23.9 Å². The number of benzene rings is 1. The minimum atomic E-state index is -0.618. The Kier molecular flexibility index (Phi) is 6.38. The summed E-state index contributed by atoms with van der Waals surface area (Å²) in [6.07, 6.45) is 1.37. The number of hydrogen-bond donors (Lipinski definition) is 1. The first-order valence-electron chi connectivity index (χ1n) is 9.86. The van der Waals surface area contributed by atoms with Crippen molar-refractivity contribution in [3.63, 3.8) is 0 Å². The number of thioether (sulfide) groups is 1. The highest BCUT2D eigenvalue weighted by molar-refractivity contribution is 7.99. The standard InChI is InChI=1S/C21H23N5O4S/c1-3-30-21(28)25-13-31-12-17(25)19(27)23-20-22-18-9-8-14(10-26(18)24-20)16-7-5-4-6-15(16)11-29-2/h4-10,17H,3,11-13H2,1-2H3,(H,23,24,27)/t17-/m1/s1. The van der Waals surface area contributed by atoms with E-state index in [4.69, 9.17) is 9.47 Å². The molecule has 1 aliphatic heterocycles. The predicted octanol–water partition coefficient (Wildman–Crippen LogP) is 3.01. The third-order valence-corrected chi connectivity index (χ3v) is 5.89. The molecule has 31 heavy (non-hydrogen) atoms. The molecule has 0 aliphatic carbocycles. The lowest BCUT2D eigenvalue weighted by Gasteiger charge is -2.21. The number of pyridine rings is 1. The van der Waals surface area contributed by atoms with Crippen molar-refractivity contribution in [2.24, 2.45) is 0 Å². The van der Waals surface area contributed by atoms with Crippen molar-refractivity contribution in [2.75, 3.05) is 30.7 Å². The first-order chi connectivity index (χ1) is 15.1. The zero-order valence-electron chi connectivity index (χ0n) is 17.3. The van der Waals surface area contributed by atoms with Gasteiger partial charge in [-0.3, -0.25) is 15.0 Å². The summed E-state index contributed by atoms with van der Waals surface area (Å²) in [6, 6.07) is 11.2. The van der Waals surface area contributed by atoms with Gasteiger partial charge in [0.2, 0.25) is 5.95 Å². The molecular formula is C21H23N5O4S. The molecule has 1 aliphatic rings. The molecule has 0 bridgehead atoms. The second-order valence-electron chi connectivity index (χ2n) is 6.92. The lowest BCUT2D eigenvalue weighted by molar-refractivity contribution is -0.119. The van der Waals surface area contributed by atoms with Gasteiger partial charge in [0.05, 0.1) is 19.1 Å². The number of rotatable bonds is 6. The molecule has 162 valence electrons. The van der Waals surface area contributed by atoms with E-state index in [9.17, 15) is 9.59 Å². The number of anilines is 1. The number of amides is 2. The van der Waals surface area contributed by atoms with Gasteiger partial charge >= 0.3 is 6.09 Å². The van der Waals surface area contributed by atoms with Crippen molar-refractivity contribution in [1.29, 1.82) is 0 Å². The van der Waals surface area contributed by atoms with Crippen LogP contribution >= 0.6 is 11.8 Å². The van der Waals surface area contributed by atoms with Crippen LogP contribution in [0, 0.1) is 0 Å². The lowest BCUT2D eigenvalue weighted by atomic mass is 10.0. The second kappa shape index (κ2) is 9.36. The van der Waals surface area contributed by atoms with E-state index >= 15 is 0 Å². The highest BCUT2D eigenvalue weighted by Crippen LogP contribution is 2.25. The Morgan fingerprint density at radius 2 is 2.10 bits per heavy atom. The summed E-state index contributed by atoms with van der Waals surface area (Å²) >= 11 is 1.50. The number of nitrogens with zero attached hydrogens (tertiary/aromatic N) is 4. The number of hydrogen-bond acceptors (Lipinski definition) is 7. The molecular weight excluding hydrogens is 418 g/mol. The number of carbonyl (C=O) groups excluding carboxylic acids is 2. The van der Waals surface area contributed by atoms with Gasteiger partial charge in [-0.1, -0.05) is 24.3 Å². The molecule has 3 heterocycles. The first kappa shape index (κ1) is 21.1. The van der Waals surface area contributed by atoms with E-state index in [-0.39, 0.29) is 18.5 Å². The van der Waals surface area contributed by atoms with Crippen LogP contribution in [0.4, 0.5) is 10.7 Å². The van der Waals surface area contributed by atoms with E-state index in [1.807, 2.05) is 42.6 Å². The minimum Gasteiger partial charge on any atom is -0.450 e. The van der Waals surface area contributed by atoms with Crippen molar-refractivity contribution in [1.82, 2.24) is 19.5 Å². The average Bonchev–Trinajstić information content (AvgIpc) is 3.41. The van der Waals surface area contributed by atoms with Crippen LogP contribution in [0.15, 0.2) is 42.6 Å². The normalized spacial score (nSPS) is 15.9. The fourth-order valence-corrected chi connectivity index (χ4v) is 4.56. The molecule has 1 fully saturated rings. The number of nitrogens with one attached hydrogen (secondary N) is 1. The number of ether oxygens (including phenoxy) is 2. The third-order valence-electron chi connectivity index (χ3n) is 4.88. The van der Waals surface area contributed by atoms with Gasteiger partial charge in [0.25, 0.3) is 5.91 Å². The Hall–Kier alpha value is -3.11. The summed E-state index contributed by atoms with van der Waals surface area (Å²) in [7, 11) is 1.66. The number of methoxy groups -OCH3 is 1. The van der Waals surface area contributed by atoms with Crippen LogP contribution in [0.2, 0.25) is 0 Å². The second-order valence-corrected chi connectivity index (χ2v) is 7.92. The molecule has 0 saturated carbocycles.